The Hall–Kier alpha value is -1.42. The van der Waals surface area contributed by atoms with Gasteiger partial charge in [0, 0.05) is 12.6 Å². The van der Waals surface area contributed by atoms with Crippen LogP contribution in [0.2, 0.25) is 0 Å². The molecule has 21 heavy (non-hydrogen) atoms. The molecule has 1 aliphatic heterocycles. The molecule has 0 spiro atoms. The number of nitriles is 1. The van der Waals surface area contributed by atoms with Gasteiger partial charge in [-0.1, -0.05) is 6.92 Å². The van der Waals surface area contributed by atoms with Crippen LogP contribution in [0.4, 0.5) is 0 Å². The largest absolute Gasteiger partial charge is 0.306 e. The van der Waals surface area contributed by atoms with Crippen LogP contribution >= 0.6 is 0 Å². The van der Waals surface area contributed by atoms with E-state index in [9.17, 15) is 8.42 Å². The van der Waals surface area contributed by atoms with Gasteiger partial charge in [0.15, 0.2) is 0 Å². The van der Waals surface area contributed by atoms with E-state index in [0.717, 1.165) is 19.5 Å². The summed E-state index contributed by atoms with van der Waals surface area (Å²) in [6, 6.07) is 6.61. The second kappa shape index (κ2) is 6.14. The Balaban J connectivity index is 2.19. The van der Waals surface area contributed by atoms with Crippen molar-refractivity contribution in [3.8, 4) is 6.07 Å². The molecule has 0 radical (unpaired) electrons. The van der Waals surface area contributed by atoms with E-state index in [1.54, 1.807) is 19.1 Å². The van der Waals surface area contributed by atoms with E-state index < -0.39 is 10.0 Å². The highest BCUT2D eigenvalue weighted by molar-refractivity contribution is 7.89. The highest BCUT2D eigenvalue weighted by atomic mass is 32.2. The maximum atomic E-state index is 12.5. The van der Waals surface area contributed by atoms with Crippen molar-refractivity contribution in [1.82, 2.24) is 9.62 Å². The van der Waals surface area contributed by atoms with Crippen LogP contribution in [0.15, 0.2) is 23.1 Å². The molecule has 1 aromatic rings. The molecule has 1 aliphatic rings. The van der Waals surface area contributed by atoms with Crippen LogP contribution < -0.4 is 4.72 Å². The van der Waals surface area contributed by atoms with Crippen molar-refractivity contribution < 1.29 is 8.42 Å². The summed E-state index contributed by atoms with van der Waals surface area (Å²) in [6.07, 6.45) is 0.812. The molecule has 6 heteroatoms. The van der Waals surface area contributed by atoms with Gasteiger partial charge in [-0.3, -0.25) is 0 Å². The molecule has 0 bridgehead atoms. The van der Waals surface area contributed by atoms with Gasteiger partial charge in [-0.25, -0.2) is 13.1 Å². The first-order valence-corrected chi connectivity index (χ1v) is 8.53. The van der Waals surface area contributed by atoms with Gasteiger partial charge in [-0.05, 0) is 56.6 Å². The Morgan fingerprint density at radius 1 is 1.43 bits per heavy atom. The summed E-state index contributed by atoms with van der Waals surface area (Å²) >= 11 is 0. The lowest BCUT2D eigenvalue weighted by Crippen LogP contribution is -2.48. The minimum absolute atomic E-state index is 0.0397. The quantitative estimate of drug-likeness (QED) is 0.918. The second-order valence-electron chi connectivity index (χ2n) is 5.84. The van der Waals surface area contributed by atoms with Gasteiger partial charge in [0.05, 0.1) is 16.5 Å². The fraction of sp³-hybridized carbons (Fsp3) is 0.533. The average molecular weight is 307 g/mol. The van der Waals surface area contributed by atoms with Crippen LogP contribution in [0.5, 0.6) is 0 Å². The van der Waals surface area contributed by atoms with Gasteiger partial charge in [0.2, 0.25) is 10.0 Å². The van der Waals surface area contributed by atoms with E-state index >= 15 is 0 Å². The van der Waals surface area contributed by atoms with Crippen LogP contribution in [0, 0.1) is 24.2 Å². The summed E-state index contributed by atoms with van der Waals surface area (Å²) in [7, 11) is -1.49. The summed E-state index contributed by atoms with van der Waals surface area (Å²) in [4.78, 5) is 2.44. The molecular weight excluding hydrogens is 286 g/mol. The summed E-state index contributed by atoms with van der Waals surface area (Å²) in [5, 5.41) is 8.91. The van der Waals surface area contributed by atoms with Crippen molar-refractivity contribution in [3.63, 3.8) is 0 Å². The van der Waals surface area contributed by atoms with Crippen molar-refractivity contribution in [1.29, 1.82) is 5.26 Å². The molecule has 1 heterocycles. The zero-order valence-corrected chi connectivity index (χ0v) is 13.4. The van der Waals surface area contributed by atoms with Gasteiger partial charge >= 0.3 is 0 Å². The Bertz CT molecular complexity index is 664. The Morgan fingerprint density at radius 2 is 2.14 bits per heavy atom. The lowest BCUT2D eigenvalue weighted by molar-refractivity contribution is 0.188. The minimum Gasteiger partial charge on any atom is -0.306 e. The van der Waals surface area contributed by atoms with E-state index in [4.69, 9.17) is 5.26 Å². The molecule has 1 saturated heterocycles. The molecule has 0 aromatic heterocycles. The molecule has 1 fully saturated rings. The zero-order chi connectivity index (χ0) is 15.6. The van der Waals surface area contributed by atoms with Gasteiger partial charge in [0.1, 0.15) is 0 Å². The summed E-state index contributed by atoms with van der Waals surface area (Å²) in [5.74, 6) is 0.276. The minimum atomic E-state index is -3.54. The number of nitrogens with one attached hydrogen (secondary N) is 1. The standard InChI is InChI=1S/C15H21N3O2S/c1-11-8-14(5-4-13(11)9-16)21(19,20)17-15-6-7-18(3)10-12(15)2/h4-5,8,12,15,17H,6-7,10H2,1-3H3. The fourth-order valence-electron chi connectivity index (χ4n) is 2.73. The molecule has 1 N–H and O–H groups in total. The van der Waals surface area contributed by atoms with Crippen molar-refractivity contribution in [2.24, 2.45) is 5.92 Å². The normalized spacial score (nSPS) is 23.7. The molecule has 2 rings (SSSR count). The summed E-state index contributed by atoms with van der Waals surface area (Å²) in [5.41, 5.74) is 1.18. The number of aryl methyl sites for hydroxylation is 1. The molecule has 0 aliphatic carbocycles. The zero-order valence-electron chi connectivity index (χ0n) is 12.6. The lowest BCUT2D eigenvalue weighted by Gasteiger charge is -2.34. The van der Waals surface area contributed by atoms with Crippen LogP contribution in [0.3, 0.4) is 0 Å². The van der Waals surface area contributed by atoms with Crippen LogP contribution in [0.25, 0.3) is 0 Å². The van der Waals surface area contributed by atoms with Crippen molar-refractivity contribution in [2.45, 2.75) is 31.2 Å². The van der Waals surface area contributed by atoms with Crippen LogP contribution in [-0.4, -0.2) is 39.5 Å². The first kappa shape index (κ1) is 16.0. The molecule has 1 aromatic carbocycles. The smallest absolute Gasteiger partial charge is 0.240 e. The number of rotatable bonds is 3. The predicted molar refractivity (Wildman–Crippen MR) is 81.3 cm³/mol. The van der Waals surface area contributed by atoms with Crippen LogP contribution in [-0.2, 0) is 10.0 Å². The number of likely N-dealkylation sites (tertiary alicyclic amines) is 1. The van der Waals surface area contributed by atoms with Gasteiger partial charge in [-0.2, -0.15) is 5.26 Å². The number of hydrogen-bond donors (Lipinski definition) is 1. The van der Waals surface area contributed by atoms with E-state index in [-0.39, 0.29) is 16.9 Å². The van der Waals surface area contributed by atoms with E-state index in [1.807, 2.05) is 13.1 Å². The van der Waals surface area contributed by atoms with E-state index in [0.29, 0.717) is 11.1 Å². The summed E-state index contributed by atoms with van der Waals surface area (Å²) in [6.45, 7) is 5.59. The average Bonchev–Trinajstić information content (AvgIpc) is 2.42. The molecule has 0 saturated carbocycles. The Morgan fingerprint density at radius 3 is 2.71 bits per heavy atom. The lowest BCUT2D eigenvalue weighted by atomic mass is 9.95. The van der Waals surface area contributed by atoms with Crippen molar-refractivity contribution in [2.75, 3.05) is 20.1 Å². The van der Waals surface area contributed by atoms with Crippen molar-refractivity contribution in [3.05, 3.63) is 29.3 Å². The number of benzene rings is 1. The van der Waals surface area contributed by atoms with Gasteiger partial charge in [-0.15, -0.1) is 0 Å². The fourth-order valence-corrected chi connectivity index (χ4v) is 4.19. The Kier molecular flexibility index (Phi) is 4.67. The van der Waals surface area contributed by atoms with Crippen LogP contribution in [0.1, 0.15) is 24.5 Å². The maximum absolute atomic E-state index is 12.5. The second-order valence-corrected chi connectivity index (χ2v) is 7.56. The SMILES string of the molecule is Cc1cc(S(=O)(=O)NC2CCN(C)CC2C)ccc1C#N. The van der Waals surface area contributed by atoms with Gasteiger partial charge < -0.3 is 4.90 Å². The molecular formula is C15H21N3O2S. The highest BCUT2D eigenvalue weighted by Crippen LogP contribution is 2.20. The third-order valence-corrected chi connectivity index (χ3v) is 5.53. The number of sulfonamides is 1. The first-order valence-electron chi connectivity index (χ1n) is 7.05. The van der Waals surface area contributed by atoms with E-state index in [1.165, 1.54) is 6.07 Å². The maximum Gasteiger partial charge on any atom is 0.240 e. The Labute approximate surface area is 126 Å². The topological polar surface area (TPSA) is 73.2 Å². The van der Waals surface area contributed by atoms with E-state index in [2.05, 4.69) is 16.5 Å². The number of hydrogen-bond acceptors (Lipinski definition) is 4. The third kappa shape index (κ3) is 3.62. The molecule has 5 nitrogen and oxygen atoms in total. The molecule has 114 valence electrons. The summed E-state index contributed by atoms with van der Waals surface area (Å²) < 4.78 is 27.8. The van der Waals surface area contributed by atoms with Crippen molar-refractivity contribution >= 4 is 10.0 Å². The highest BCUT2D eigenvalue weighted by Gasteiger charge is 2.28. The molecule has 2 unspecified atom stereocenters. The monoisotopic (exact) mass is 307 g/mol. The number of nitrogens with zero attached hydrogens (tertiary/aromatic N) is 2. The third-order valence-electron chi connectivity index (χ3n) is 4.04. The molecule has 2 atom stereocenters. The number of piperidine rings is 1. The van der Waals surface area contributed by atoms with Gasteiger partial charge in [0.25, 0.3) is 0 Å². The predicted octanol–water partition coefficient (Wildman–Crippen LogP) is 1.49. The first-order chi connectivity index (χ1) is 9.83. The molecule has 0 amide bonds.